The van der Waals surface area contributed by atoms with E-state index in [-0.39, 0.29) is 0 Å². The van der Waals surface area contributed by atoms with Gasteiger partial charge >= 0.3 is 0 Å². The van der Waals surface area contributed by atoms with Crippen molar-refractivity contribution in [1.29, 1.82) is 0 Å². The molecule has 0 fully saturated rings. The summed E-state index contributed by atoms with van der Waals surface area (Å²) < 4.78 is 16.8. The predicted octanol–water partition coefficient (Wildman–Crippen LogP) is 5.16. The van der Waals surface area contributed by atoms with Crippen LogP contribution in [0.2, 0.25) is 0 Å². The monoisotopic (exact) mass is 306 g/mol. The van der Waals surface area contributed by atoms with Gasteiger partial charge in [0.15, 0.2) is 0 Å². The number of rotatable bonds is 5. The Bertz CT molecular complexity index is 782. The molecular weight excluding hydrogens is 288 g/mol. The van der Waals surface area contributed by atoms with Crippen LogP contribution in [0.3, 0.4) is 0 Å². The minimum absolute atomic E-state index is 0.744. The van der Waals surface area contributed by atoms with Crippen LogP contribution in [0.5, 0.6) is 23.0 Å². The highest BCUT2D eigenvalue weighted by Gasteiger charge is 2.12. The lowest BCUT2D eigenvalue weighted by molar-refractivity contribution is 0.395. The van der Waals surface area contributed by atoms with Crippen molar-refractivity contribution in [2.24, 2.45) is 0 Å². The SMILES string of the molecule is COc1ccc(-c2ccccc2Oc2ccccc2)c(OC)c1. The zero-order chi connectivity index (χ0) is 16.1. The molecule has 0 atom stereocenters. The van der Waals surface area contributed by atoms with E-state index in [1.54, 1.807) is 14.2 Å². The Hall–Kier alpha value is -2.94. The Morgan fingerprint density at radius 2 is 1.26 bits per heavy atom. The van der Waals surface area contributed by atoms with Gasteiger partial charge in [-0.2, -0.15) is 0 Å². The summed E-state index contributed by atoms with van der Waals surface area (Å²) >= 11 is 0. The fourth-order valence-corrected chi connectivity index (χ4v) is 2.41. The first-order valence-electron chi connectivity index (χ1n) is 7.36. The Morgan fingerprint density at radius 1 is 0.565 bits per heavy atom. The summed E-state index contributed by atoms with van der Waals surface area (Å²) in [5.74, 6) is 3.08. The summed E-state index contributed by atoms with van der Waals surface area (Å²) in [7, 11) is 3.29. The van der Waals surface area contributed by atoms with Gasteiger partial charge in [0.05, 0.1) is 14.2 Å². The average Bonchev–Trinajstić information content (AvgIpc) is 2.62. The number of benzene rings is 3. The fourth-order valence-electron chi connectivity index (χ4n) is 2.41. The van der Waals surface area contributed by atoms with Crippen molar-refractivity contribution in [1.82, 2.24) is 0 Å². The van der Waals surface area contributed by atoms with Crippen molar-refractivity contribution in [3.05, 3.63) is 72.8 Å². The van der Waals surface area contributed by atoms with E-state index in [4.69, 9.17) is 14.2 Å². The highest BCUT2D eigenvalue weighted by Crippen LogP contribution is 2.39. The lowest BCUT2D eigenvalue weighted by Gasteiger charge is -2.14. The summed E-state index contributed by atoms with van der Waals surface area (Å²) in [6, 6.07) is 23.4. The Morgan fingerprint density at radius 3 is 2.00 bits per heavy atom. The second-order valence-electron chi connectivity index (χ2n) is 4.98. The van der Waals surface area contributed by atoms with Gasteiger partial charge in [0.2, 0.25) is 0 Å². The molecule has 3 aromatic rings. The molecule has 0 bridgehead atoms. The van der Waals surface area contributed by atoms with E-state index in [1.807, 2.05) is 72.8 Å². The van der Waals surface area contributed by atoms with E-state index < -0.39 is 0 Å². The molecule has 0 spiro atoms. The third-order valence-electron chi connectivity index (χ3n) is 3.56. The van der Waals surface area contributed by atoms with Gasteiger partial charge in [-0.05, 0) is 30.3 Å². The maximum Gasteiger partial charge on any atom is 0.135 e. The molecule has 0 aliphatic carbocycles. The van der Waals surface area contributed by atoms with Crippen molar-refractivity contribution in [3.63, 3.8) is 0 Å². The number of hydrogen-bond acceptors (Lipinski definition) is 3. The quantitative estimate of drug-likeness (QED) is 0.651. The number of methoxy groups -OCH3 is 2. The van der Waals surface area contributed by atoms with Crippen LogP contribution in [-0.2, 0) is 0 Å². The fraction of sp³-hybridized carbons (Fsp3) is 0.100. The van der Waals surface area contributed by atoms with Crippen LogP contribution in [0.15, 0.2) is 72.8 Å². The van der Waals surface area contributed by atoms with Crippen molar-refractivity contribution in [2.75, 3.05) is 14.2 Å². The molecule has 3 aromatic carbocycles. The van der Waals surface area contributed by atoms with E-state index in [0.29, 0.717) is 0 Å². The maximum absolute atomic E-state index is 6.03. The normalized spacial score (nSPS) is 10.2. The van der Waals surface area contributed by atoms with Crippen molar-refractivity contribution in [2.45, 2.75) is 0 Å². The first kappa shape index (κ1) is 15.0. The van der Waals surface area contributed by atoms with Crippen LogP contribution >= 0.6 is 0 Å². The highest BCUT2D eigenvalue weighted by atomic mass is 16.5. The van der Waals surface area contributed by atoms with E-state index >= 15 is 0 Å². The Balaban J connectivity index is 2.04. The summed E-state index contributed by atoms with van der Waals surface area (Å²) in [5, 5.41) is 0. The van der Waals surface area contributed by atoms with Crippen LogP contribution in [0.4, 0.5) is 0 Å². The van der Waals surface area contributed by atoms with Crippen molar-refractivity contribution >= 4 is 0 Å². The van der Waals surface area contributed by atoms with Gasteiger partial charge in [0.25, 0.3) is 0 Å². The molecule has 0 heterocycles. The van der Waals surface area contributed by atoms with Gasteiger partial charge < -0.3 is 14.2 Å². The van der Waals surface area contributed by atoms with E-state index in [2.05, 4.69) is 0 Å². The number of ether oxygens (including phenoxy) is 3. The van der Waals surface area contributed by atoms with Gasteiger partial charge in [0.1, 0.15) is 23.0 Å². The molecule has 0 amide bonds. The molecule has 0 radical (unpaired) electrons. The summed E-state index contributed by atoms with van der Waals surface area (Å²) in [6.45, 7) is 0. The maximum atomic E-state index is 6.03. The molecule has 0 aliphatic heterocycles. The molecule has 116 valence electrons. The second kappa shape index (κ2) is 6.88. The van der Waals surface area contributed by atoms with E-state index in [0.717, 1.165) is 34.1 Å². The summed E-state index contributed by atoms with van der Waals surface area (Å²) in [4.78, 5) is 0. The first-order chi connectivity index (χ1) is 11.3. The van der Waals surface area contributed by atoms with Crippen LogP contribution in [0.25, 0.3) is 11.1 Å². The zero-order valence-electron chi connectivity index (χ0n) is 13.2. The van der Waals surface area contributed by atoms with Gasteiger partial charge in [-0.1, -0.05) is 36.4 Å². The van der Waals surface area contributed by atoms with Gasteiger partial charge in [0, 0.05) is 17.2 Å². The van der Waals surface area contributed by atoms with Crippen LogP contribution in [0.1, 0.15) is 0 Å². The molecule has 0 aromatic heterocycles. The summed E-state index contributed by atoms with van der Waals surface area (Å²) in [6.07, 6.45) is 0. The Labute approximate surface area is 136 Å². The van der Waals surface area contributed by atoms with Crippen LogP contribution < -0.4 is 14.2 Å². The van der Waals surface area contributed by atoms with E-state index in [9.17, 15) is 0 Å². The molecule has 3 nitrogen and oxygen atoms in total. The average molecular weight is 306 g/mol. The molecule has 0 saturated heterocycles. The minimum atomic E-state index is 0.744. The Kier molecular flexibility index (Phi) is 4.48. The lowest BCUT2D eigenvalue weighted by Crippen LogP contribution is -1.93. The zero-order valence-corrected chi connectivity index (χ0v) is 13.2. The smallest absolute Gasteiger partial charge is 0.135 e. The number of para-hydroxylation sites is 2. The second-order valence-corrected chi connectivity index (χ2v) is 4.98. The van der Waals surface area contributed by atoms with Gasteiger partial charge in [-0.25, -0.2) is 0 Å². The van der Waals surface area contributed by atoms with Gasteiger partial charge in [-0.3, -0.25) is 0 Å². The number of hydrogen-bond donors (Lipinski definition) is 0. The third kappa shape index (κ3) is 3.29. The molecule has 0 unspecified atom stereocenters. The predicted molar refractivity (Wildman–Crippen MR) is 91.5 cm³/mol. The molecule has 0 saturated carbocycles. The highest BCUT2D eigenvalue weighted by molar-refractivity contribution is 5.77. The molecule has 23 heavy (non-hydrogen) atoms. The van der Waals surface area contributed by atoms with E-state index in [1.165, 1.54) is 0 Å². The van der Waals surface area contributed by atoms with Crippen molar-refractivity contribution in [3.8, 4) is 34.1 Å². The standard InChI is InChI=1S/C20H18O3/c1-21-16-12-13-18(20(14-16)22-2)17-10-6-7-11-19(17)23-15-8-4-3-5-9-15/h3-14H,1-2H3. The van der Waals surface area contributed by atoms with Crippen LogP contribution in [-0.4, -0.2) is 14.2 Å². The lowest BCUT2D eigenvalue weighted by atomic mass is 10.0. The minimum Gasteiger partial charge on any atom is -0.497 e. The molecule has 3 rings (SSSR count). The molecule has 3 heteroatoms. The van der Waals surface area contributed by atoms with Gasteiger partial charge in [-0.15, -0.1) is 0 Å². The largest absolute Gasteiger partial charge is 0.497 e. The first-order valence-corrected chi connectivity index (χ1v) is 7.36. The topological polar surface area (TPSA) is 27.7 Å². The third-order valence-corrected chi connectivity index (χ3v) is 3.56. The molecule has 0 aliphatic rings. The van der Waals surface area contributed by atoms with Crippen LogP contribution in [0, 0.1) is 0 Å². The molecule has 0 N–H and O–H groups in total. The summed E-state index contributed by atoms with van der Waals surface area (Å²) in [5.41, 5.74) is 1.93. The van der Waals surface area contributed by atoms with Crippen molar-refractivity contribution < 1.29 is 14.2 Å². The molecular formula is C20H18O3.